The van der Waals surface area contributed by atoms with Gasteiger partial charge in [-0.15, -0.1) is 0 Å². The van der Waals surface area contributed by atoms with Crippen LogP contribution >= 0.6 is 0 Å². The quantitative estimate of drug-likeness (QED) is 0.623. The predicted molar refractivity (Wildman–Crippen MR) is 42.1 cm³/mol. The second kappa shape index (κ2) is 5.13. The van der Waals surface area contributed by atoms with Crippen molar-refractivity contribution in [3.05, 3.63) is 0 Å². The molecular formula is C8H16O3. The van der Waals surface area contributed by atoms with E-state index < -0.39 is 12.0 Å². The minimum Gasteiger partial charge on any atom is -0.465 e. The number of carbonyl (C=O) groups is 1. The van der Waals surface area contributed by atoms with Crippen LogP contribution in [-0.4, -0.2) is 23.8 Å². The summed E-state index contributed by atoms with van der Waals surface area (Å²) in [4.78, 5) is 11.0. The van der Waals surface area contributed by atoms with Crippen molar-refractivity contribution in [2.45, 2.75) is 33.3 Å². The largest absolute Gasteiger partial charge is 0.465 e. The van der Waals surface area contributed by atoms with E-state index >= 15 is 0 Å². The Morgan fingerprint density at radius 2 is 2.09 bits per heavy atom. The fourth-order valence-corrected chi connectivity index (χ4v) is 0.531. The van der Waals surface area contributed by atoms with Crippen molar-refractivity contribution in [3.8, 4) is 0 Å². The molecule has 1 N–H and O–H groups in total. The highest BCUT2D eigenvalue weighted by atomic mass is 16.5. The molecule has 0 saturated heterocycles. The summed E-state index contributed by atoms with van der Waals surface area (Å²) >= 11 is 0. The number of aliphatic hydroxyl groups excluding tert-OH is 1. The number of hydrogen-bond acceptors (Lipinski definition) is 3. The van der Waals surface area contributed by atoms with Gasteiger partial charge in [0.05, 0.1) is 18.6 Å². The molecular weight excluding hydrogens is 144 g/mol. The van der Waals surface area contributed by atoms with E-state index in [-0.39, 0.29) is 5.97 Å². The smallest absolute Gasteiger partial charge is 0.311 e. The standard InChI is InChI=1S/C8H16O3/c1-4-5-11-8(10)6(2)7(3)9/h6-7,9H,4-5H2,1-3H3/t6-,7+/m0/s1. The molecule has 0 saturated carbocycles. The van der Waals surface area contributed by atoms with Gasteiger partial charge in [-0.25, -0.2) is 0 Å². The molecule has 0 aromatic carbocycles. The molecule has 11 heavy (non-hydrogen) atoms. The van der Waals surface area contributed by atoms with Gasteiger partial charge in [0.1, 0.15) is 0 Å². The van der Waals surface area contributed by atoms with Gasteiger partial charge < -0.3 is 9.84 Å². The van der Waals surface area contributed by atoms with Crippen LogP contribution in [0, 0.1) is 5.92 Å². The molecule has 0 aromatic heterocycles. The number of ether oxygens (including phenoxy) is 1. The van der Waals surface area contributed by atoms with Crippen LogP contribution in [0.2, 0.25) is 0 Å². The molecule has 0 amide bonds. The summed E-state index contributed by atoms with van der Waals surface area (Å²) < 4.78 is 4.82. The minimum absolute atomic E-state index is 0.318. The van der Waals surface area contributed by atoms with Gasteiger partial charge in [0.2, 0.25) is 0 Å². The van der Waals surface area contributed by atoms with Gasteiger partial charge in [0.15, 0.2) is 0 Å². The van der Waals surface area contributed by atoms with E-state index in [0.29, 0.717) is 6.61 Å². The Kier molecular flexibility index (Phi) is 4.86. The lowest BCUT2D eigenvalue weighted by atomic mass is 10.1. The predicted octanol–water partition coefficient (Wildman–Crippen LogP) is 0.956. The minimum atomic E-state index is -0.626. The molecule has 0 aliphatic carbocycles. The van der Waals surface area contributed by atoms with Crippen LogP contribution in [0.25, 0.3) is 0 Å². The maximum absolute atomic E-state index is 11.0. The van der Waals surface area contributed by atoms with Crippen LogP contribution in [-0.2, 0) is 9.53 Å². The third-order valence-corrected chi connectivity index (χ3v) is 1.54. The Morgan fingerprint density at radius 1 is 1.55 bits per heavy atom. The van der Waals surface area contributed by atoms with Crippen LogP contribution in [0.4, 0.5) is 0 Å². The summed E-state index contributed by atoms with van der Waals surface area (Å²) in [7, 11) is 0. The maximum Gasteiger partial charge on any atom is 0.311 e. The molecule has 3 heteroatoms. The molecule has 0 unspecified atom stereocenters. The first-order valence-electron chi connectivity index (χ1n) is 3.94. The first-order valence-corrected chi connectivity index (χ1v) is 3.94. The van der Waals surface area contributed by atoms with E-state index in [1.807, 2.05) is 6.92 Å². The van der Waals surface area contributed by atoms with E-state index in [0.717, 1.165) is 6.42 Å². The highest BCUT2D eigenvalue weighted by molar-refractivity contribution is 5.72. The molecule has 0 fully saturated rings. The van der Waals surface area contributed by atoms with Crippen LogP contribution in [0.3, 0.4) is 0 Å². The first kappa shape index (κ1) is 10.4. The molecule has 0 heterocycles. The summed E-state index contributed by atoms with van der Waals surface area (Å²) in [5, 5.41) is 8.99. The van der Waals surface area contributed by atoms with E-state index in [9.17, 15) is 4.79 Å². The van der Waals surface area contributed by atoms with Crippen LogP contribution < -0.4 is 0 Å². The molecule has 66 valence electrons. The zero-order chi connectivity index (χ0) is 8.85. The Bertz CT molecular complexity index is 121. The summed E-state index contributed by atoms with van der Waals surface area (Å²) in [5.41, 5.74) is 0. The Morgan fingerprint density at radius 3 is 2.45 bits per heavy atom. The molecule has 2 atom stereocenters. The Hall–Kier alpha value is -0.570. The SMILES string of the molecule is CCCOC(=O)[C@@H](C)[C@@H](C)O. The number of carbonyl (C=O) groups excluding carboxylic acids is 1. The van der Waals surface area contributed by atoms with Crippen LogP contribution in [0.5, 0.6) is 0 Å². The van der Waals surface area contributed by atoms with E-state index in [1.165, 1.54) is 0 Å². The van der Waals surface area contributed by atoms with Crippen LogP contribution in [0.1, 0.15) is 27.2 Å². The van der Waals surface area contributed by atoms with Gasteiger partial charge in [-0.2, -0.15) is 0 Å². The first-order chi connectivity index (χ1) is 5.09. The van der Waals surface area contributed by atoms with Gasteiger partial charge in [0.25, 0.3) is 0 Å². The van der Waals surface area contributed by atoms with Gasteiger partial charge >= 0.3 is 5.97 Å². The van der Waals surface area contributed by atoms with E-state index in [4.69, 9.17) is 9.84 Å². The van der Waals surface area contributed by atoms with E-state index in [2.05, 4.69) is 0 Å². The highest BCUT2D eigenvalue weighted by Crippen LogP contribution is 2.04. The topological polar surface area (TPSA) is 46.5 Å². The zero-order valence-corrected chi connectivity index (χ0v) is 7.33. The summed E-state index contributed by atoms with van der Waals surface area (Å²) in [6, 6.07) is 0. The van der Waals surface area contributed by atoms with Gasteiger partial charge in [-0.05, 0) is 20.3 Å². The Labute approximate surface area is 67.4 Å². The third kappa shape index (κ3) is 3.98. The van der Waals surface area contributed by atoms with Crippen molar-refractivity contribution in [3.63, 3.8) is 0 Å². The summed E-state index contributed by atoms with van der Waals surface area (Å²) in [6.07, 6.45) is 0.192. The van der Waals surface area contributed by atoms with Gasteiger partial charge in [0, 0.05) is 0 Å². The highest BCUT2D eigenvalue weighted by Gasteiger charge is 2.18. The lowest BCUT2D eigenvalue weighted by molar-refractivity contribution is -0.151. The van der Waals surface area contributed by atoms with Crippen molar-refractivity contribution in [1.29, 1.82) is 0 Å². The average Bonchev–Trinajstić information content (AvgIpc) is 1.98. The summed E-state index contributed by atoms with van der Waals surface area (Å²) in [6.45, 7) is 5.61. The zero-order valence-electron chi connectivity index (χ0n) is 7.33. The van der Waals surface area contributed by atoms with Crippen molar-refractivity contribution in [2.75, 3.05) is 6.61 Å². The van der Waals surface area contributed by atoms with Gasteiger partial charge in [-0.3, -0.25) is 4.79 Å². The number of aliphatic hydroxyl groups is 1. The fraction of sp³-hybridized carbons (Fsp3) is 0.875. The molecule has 0 bridgehead atoms. The van der Waals surface area contributed by atoms with Crippen LogP contribution in [0.15, 0.2) is 0 Å². The molecule has 0 spiro atoms. The second-order valence-corrected chi connectivity index (χ2v) is 2.70. The second-order valence-electron chi connectivity index (χ2n) is 2.70. The monoisotopic (exact) mass is 160 g/mol. The van der Waals surface area contributed by atoms with E-state index in [1.54, 1.807) is 13.8 Å². The normalized spacial score (nSPS) is 15.6. The van der Waals surface area contributed by atoms with Crippen molar-refractivity contribution in [2.24, 2.45) is 5.92 Å². The van der Waals surface area contributed by atoms with Crippen molar-refractivity contribution < 1.29 is 14.6 Å². The van der Waals surface area contributed by atoms with Crippen molar-refractivity contribution in [1.82, 2.24) is 0 Å². The lowest BCUT2D eigenvalue weighted by Crippen LogP contribution is -2.25. The number of esters is 1. The molecule has 0 aliphatic heterocycles. The Balaban J connectivity index is 3.64. The fourth-order valence-electron chi connectivity index (χ4n) is 0.531. The molecule has 0 aromatic rings. The average molecular weight is 160 g/mol. The van der Waals surface area contributed by atoms with Crippen molar-refractivity contribution >= 4 is 5.97 Å². The maximum atomic E-state index is 11.0. The molecule has 3 nitrogen and oxygen atoms in total. The number of hydrogen-bond donors (Lipinski definition) is 1. The molecule has 0 radical (unpaired) electrons. The summed E-state index contributed by atoms with van der Waals surface area (Å²) in [5.74, 6) is -0.733. The van der Waals surface area contributed by atoms with Gasteiger partial charge in [-0.1, -0.05) is 6.92 Å². The lowest BCUT2D eigenvalue weighted by Gasteiger charge is -2.12. The molecule has 0 rings (SSSR count). The third-order valence-electron chi connectivity index (χ3n) is 1.54. The molecule has 0 aliphatic rings. The number of rotatable bonds is 4.